The van der Waals surface area contributed by atoms with Crippen molar-refractivity contribution in [3.8, 4) is 0 Å². The molecular weight excluding hydrogens is 444 g/mol. The van der Waals surface area contributed by atoms with Gasteiger partial charge in [0, 0.05) is 22.7 Å². The van der Waals surface area contributed by atoms with Crippen molar-refractivity contribution >= 4 is 45.7 Å². The zero-order chi connectivity index (χ0) is 23.5. The number of fused-ring (bicyclic) bond motifs is 1. The highest BCUT2D eigenvalue weighted by molar-refractivity contribution is 6.30. The van der Waals surface area contributed by atoms with Gasteiger partial charge in [-0.25, -0.2) is 4.79 Å². The molecule has 9 heteroatoms. The van der Waals surface area contributed by atoms with Crippen LogP contribution in [0.2, 0.25) is 5.02 Å². The Bertz CT molecular complexity index is 1490. The number of nitrogens with one attached hydrogen (secondary N) is 3. The van der Waals surface area contributed by atoms with Gasteiger partial charge in [0.05, 0.1) is 22.3 Å². The third-order valence-electron chi connectivity index (χ3n) is 5.09. The van der Waals surface area contributed by atoms with Crippen LogP contribution in [0, 0.1) is 0 Å². The highest BCUT2D eigenvalue weighted by Crippen LogP contribution is 2.23. The Morgan fingerprint density at radius 2 is 1.45 bits per heavy atom. The van der Waals surface area contributed by atoms with Crippen LogP contribution in [-0.4, -0.2) is 21.4 Å². The van der Waals surface area contributed by atoms with E-state index in [1.807, 2.05) is 0 Å². The standard InChI is InChI=1S/C24H19ClN4O4/c1-2-29-23(32)17-12-9-15(13-20(17)28-24(29)33)22(31)27-19-6-4-3-5-18(19)26-21(30)14-7-10-16(25)11-8-14/h3-13H,2H2,1H3,(H,26,30)(H,27,31)(H,28,33). The number of nitrogens with zero attached hydrogens (tertiary/aromatic N) is 1. The van der Waals surface area contributed by atoms with Crippen molar-refractivity contribution in [2.45, 2.75) is 13.5 Å². The Balaban J connectivity index is 1.59. The number of halogens is 1. The molecule has 3 N–H and O–H groups in total. The zero-order valence-electron chi connectivity index (χ0n) is 17.5. The topological polar surface area (TPSA) is 113 Å². The van der Waals surface area contributed by atoms with Crippen molar-refractivity contribution in [2.24, 2.45) is 0 Å². The van der Waals surface area contributed by atoms with Crippen molar-refractivity contribution in [2.75, 3.05) is 10.6 Å². The van der Waals surface area contributed by atoms with Gasteiger partial charge in [-0.2, -0.15) is 0 Å². The van der Waals surface area contributed by atoms with Crippen LogP contribution in [0.1, 0.15) is 27.6 Å². The van der Waals surface area contributed by atoms with Gasteiger partial charge in [-0.05, 0) is 61.5 Å². The van der Waals surface area contributed by atoms with Gasteiger partial charge in [0.15, 0.2) is 0 Å². The highest BCUT2D eigenvalue weighted by atomic mass is 35.5. The van der Waals surface area contributed by atoms with E-state index in [1.165, 1.54) is 18.2 Å². The number of carbonyl (C=O) groups is 2. The number of benzene rings is 3. The van der Waals surface area contributed by atoms with E-state index >= 15 is 0 Å². The van der Waals surface area contributed by atoms with Crippen molar-refractivity contribution in [1.82, 2.24) is 9.55 Å². The van der Waals surface area contributed by atoms with E-state index in [4.69, 9.17) is 11.6 Å². The predicted octanol–water partition coefficient (Wildman–Crippen LogP) is 3.87. The van der Waals surface area contributed by atoms with E-state index in [2.05, 4.69) is 15.6 Å². The second kappa shape index (κ2) is 9.13. The summed E-state index contributed by atoms with van der Waals surface area (Å²) >= 11 is 5.87. The van der Waals surface area contributed by atoms with E-state index in [9.17, 15) is 19.2 Å². The molecule has 1 aromatic heterocycles. The average molecular weight is 463 g/mol. The molecule has 4 rings (SSSR count). The number of hydrogen-bond donors (Lipinski definition) is 3. The van der Waals surface area contributed by atoms with E-state index in [-0.39, 0.29) is 23.5 Å². The summed E-state index contributed by atoms with van der Waals surface area (Å²) in [6, 6.07) is 17.6. The average Bonchev–Trinajstić information content (AvgIpc) is 2.80. The number of H-pyrrole nitrogens is 1. The second-order valence-electron chi connectivity index (χ2n) is 7.20. The van der Waals surface area contributed by atoms with E-state index in [0.29, 0.717) is 27.3 Å². The van der Waals surface area contributed by atoms with Crippen molar-refractivity contribution in [3.63, 3.8) is 0 Å². The van der Waals surface area contributed by atoms with Crippen LogP contribution in [0.5, 0.6) is 0 Å². The SMILES string of the molecule is CCn1c(=O)[nH]c2cc(C(=O)Nc3ccccc3NC(=O)c3ccc(Cl)cc3)ccc2c1=O. The minimum Gasteiger partial charge on any atom is -0.320 e. The molecule has 0 aliphatic heterocycles. The second-order valence-corrected chi connectivity index (χ2v) is 7.64. The van der Waals surface area contributed by atoms with E-state index in [1.54, 1.807) is 55.5 Å². The molecule has 8 nitrogen and oxygen atoms in total. The lowest BCUT2D eigenvalue weighted by molar-refractivity contribution is 0.101. The van der Waals surface area contributed by atoms with Crippen LogP contribution in [0.3, 0.4) is 0 Å². The third kappa shape index (κ3) is 4.56. The largest absolute Gasteiger partial charge is 0.328 e. The predicted molar refractivity (Wildman–Crippen MR) is 128 cm³/mol. The molecule has 0 radical (unpaired) electrons. The smallest absolute Gasteiger partial charge is 0.320 e. The lowest BCUT2D eigenvalue weighted by Crippen LogP contribution is -2.34. The maximum atomic E-state index is 12.9. The van der Waals surface area contributed by atoms with Crippen LogP contribution < -0.4 is 21.9 Å². The van der Waals surface area contributed by atoms with E-state index < -0.39 is 17.2 Å². The van der Waals surface area contributed by atoms with Gasteiger partial charge in [0.25, 0.3) is 17.4 Å². The van der Waals surface area contributed by atoms with Crippen LogP contribution in [0.25, 0.3) is 10.9 Å². The first-order chi connectivity index (χ1) is 15.9. The zero-order valence-corrected chi connectivity index (χ0v) is 18.3. The van der Waals surface area contributed by atoms with Crippen LogP contribution >= 0.6 is 11.6 Å². The monoisotopic (exact) mass is 462 g/mol. The van der Waals surface area contributed by atoms with E-state index in [0.717, 1.165) is 4.57 Å². The molecule has 0 spiro atoms. The summed E-state index contributed by atoms with van der Waals surface area (Å²) in [5, 5.41) is 6.36. The fourth-order valence-corrected chi connectivity index (χ4v) is 3.50. The normalized spacial score (nSPS) is 10.7. The van der Waals surface area contributed by atoms with Crippen molar-refractivity contribution in [3.05, 3.63) is 104 Å². The molecule has 0 saturated carbocycles. The minimum atomic E-state index is -0.539. The molecule has 0 aliphatic rings. The molecule has 33 heavy (non-hydrogen) atoms. The van der Waals surface area contributed by atoms with Crippen molar-refractivity contribution in [1.29, 1.82) is 0 Å². The maximum absolute atomic E-state index is 12.9. The Kier molecular flexibility index (Phi) is 6.10. The molecule has 0 atom stereocenters. The van der Waals surface area contributed by atoms with Gasteiger partial charge < -0.3 is 15.6 Å². The first-order valence-corrected chi connectivity index (χ1v) is 10.5. The molecule has 1 heterocycles. The first kappa shape index (κ1) is 22.0. The summed E-state index contributed by atoms with van der Waals surface area (Å²) in [5.74, 6) is -0.825. The van der Waals surface area contributed by atoms with Gasteiger partial charge in [0.2, 0.25) is 0 Å². The number of hydrogen-bond acceptors (Lipinski definition) is 4. The van der Waals surface area contributed by atoms with Crippen LogP contribution in [0.15, 0.2) is 76.3 Å². The van der Waals surface area contributed by atoms with Crippen LogP contribution in [0.4, 0.5) is 11.4 Å². The summed E-state index contributed by atoms with van der Waals surface area (Å²) in [6.07, 6.45) is 0. The molecule has 0 bridgehead atoms. The summed E-state index contributed by atoms with van der Waals surface area (Å²) in [7, 11) is 0. The molecule has 166 valence electrons. The molecule has 0 fully saturated rings. The molecule has 0 aliphatic carbocycles. The molecule has 3 aromatic carbocycles. The number of carbonyl (C=O) groups excluding carboxylic acids is 2. The summed E-state index contributed by atoms with van der Waals surface area (Å²) in [6.45, 7) is 1.94. The third-order valence-corrected chi connectivity index (χ3v) is 5.34. The van der Waals surface area contributed by atoms with Gasteiger partial charge in [0.1, 0.15) is 0 Å². The van der Waals surface area contributed by atoms with Gasteiger partial charge >= 0.3 is 5.69 Å². The molecule has 0 unspecified atom stereocenters. The molecule has 4 aromatic rings. The number of para-hydroxylation sites is 2. The first-order valence-electron chi connectivity index (χ1n) is 10.1. The minimum absolute atomic E-state index is 0.241. The maximum Gasteiger partial charge on any atom is 0.328 e. The quantitative estimate of drug-likeness (QED) is 0.418. The Labute approximate surface area is 192 Å². The van der Waals surface area contributed by atoms with Gasteiger partial charge in [-0.3, -0.25) is 19.0 Å². The Morgan fingerprint density at radius 1 is 0.879 bits per heavy atom. The van der Waals surface area contributed by atoms with Gasteiger partial charge in [-0.15, -0.1) is 0 Å². The van der Waals surface area contributed by atoms with Crippen LogP contribution in [-0.2, 0) is 6.54 Å². The molecule has 0 saturated heterocycles. The lowest BCUT2D eigenvalue weighted by atomic mass is 10.1. The Morgan fingerprint density at radius 3 is 2.06 bits per heavy atom. The fourth-order valence-electron chi connectivity index (χ4n) is 3.37. The summed E-state index contributed by atoms with van der Waals surface area (Å²) in [4.78, 5) is 52.6. The number of aromatic amines is 1. The van der Waals surface area contributed by atoms with Gasteiger partial charge in [-0.1, -0.05) is 23.7 Å². The fraction of sp³-hybridized carbons (Fsp3) is 0.0833. The number of amides is 2. The highest BCUT2D eigenvalue weighted by Gasteiger charge is 2.14. The molecular formula is C24H19ClN4O4. The molecule has 2 amide bonds. The summed E-state index contributed by atoms with van der Waals surface area (Å²) < 4.78 is 1.09. The van der Waals surface area contributed by atoms with Crippen molar-refractivity contribution < 1.29 is 9.59 Å². The number of anilines is 2. The lowest BCUT2D eigenvalue weighted by Gasteiger charge is -2.13. The Hall–Kier alpha value is -4.17. The number of aromatic nitrogens is 2. The summed E-state index contributed by atoms with van der Waals surface area (Å²) in [5.41, 5.74) is 0.765. The number of rotatable bonds is 5.